The van der Waals surface area contributed by atoms with E-state index in [0.717, 1.165) is 47.3 Å². The van der Waals surface area contributed by atoms with Gasteiger partial charge in [0.1, 0.15) is 0 Å². The van der Waals surface area contributed by atoms with Crippen LogP contribution in [0, 0.1) is 11.8 Å². The third-order valence-corrected chi connectivity index (χ3v) is 8.61. The maximum atomic E-state index is 12.2. The van der Waals surface area contributed by atoms with E-state index in [4.69, 9.17) is 0 Å². The van der Waals surface area contributed by atoms with Crippen molar-refractivity contribution in [3.8, 4) is 0 Å². The molecule has 2 N–H and O–H groups in total. The summed E-state index contributed by atoms with van der Waals surface area (Å²) in [6, 6.07) is 8.66. The zero-order valence-electron chi connectivity index (χ0n) is 19.1. The highest BCUT2D eigenvalue weighted by Crippen LogP contribution is 2.35. The van der Waals surface area contributed by atoms with Crippen molar-refractivity contribution in [1.82, 2.24) is 10.6 Å². The standard InChI is InChI=1S/C27H34N2O2S2/c30-26(15-13-24-3-1-17-32-24)28-22-9-5-20(6-10-22)19-21-7-11-23(12-8-21)29-27(31)16-14-25-4-2-18-33-25/h1-4,13-18,20-23H,5-12,19H2,(H,28,30)(H,29,31). The van der Waals surface area contributed by atoms with Crippen LogP contribution in [0.3, 0.4) is 0 Å². The molecule has 0 unspecified atom stereocenters. The summed E-state index contributed by atoms with van der Waals surface area (Å²) in [6.45, 7) is 0. The third-order valence-electron chi connectivity index (χ3n) is 6.94. The molecule has 2 heterocycles. The molecule has 2 aliphatic rings. The van der Waals surface area contributed by atoms with Gasteiger partial charge in [0.2, 0.25) is 11.8 Å². The summed E-state index contributed by atoms with van der Waals surface area (Å²) in [6.07, 6.45) is 17.6. The third kappa shape index (κ3) is 7.97. The Morgan fingerprint density at radius 2 is 1.15 bits per heavy atom. The predicted octanol–water partition coefficient (Wildman–Crippen LogP) is 6.28. The Kier molecular flexibility index (Phi) is 8.95. The van der Waals surface area contributed by atoms with Gasteiger partial charge in [-0.05, 0) is 105 Å². The van der Waals surface area contributed by atoms with Crippen molar-refractivity contribution in [2.24, 2.45) is 11.8 Å². The molecule has 0 atom stereocenters. The maximum absolute atomic E-state index is 12.2. The molecular formula is C27H34N2O2S2. The van der Waals surface area contributed by atoms with Crippen molar-refractivity contribution in [1.29, 1.82) is 0 Å². The fraction of sp³-hybridized carbons (Fsp3) is 0.481. The fourth-order valence-electron chi connectivity index (χ4n) is 5.14. The molecule has 0 spiro atoms. The Balaban J connectivity index is 1.10. The quantitative estimate of drug-likeness (QED) is 0.435. The summed E-state index contributed by atoms with van der Waals surface area (Å²) in [7, 11) is 0. The molecule has 0 aromatic carbocycles. The maximum Gasteiger partial charge on any atom is 0.244 e. The molecule has 4 rings (SSSR count). The van der Waals surface area contributed by atoms with E-state index in [1.54, 1.807) is 34.8 Å². The Hall–Kier alpha value is -2.18. The lowest BCUT2D eigenvalue weighted by Gasteiger charge is -2.34. The number of carbonyl (C=O) groups excluding carboxylic acids is 2. The molecular weight excluding hydrogens is 448 g/mol. The number of amides is 2. The Morgan fingerprint density at radius 1 is 0.727 bits per heavy atom. The number of rotatable bonds is 8. The highest BCUT2D eigenvalue weighted by Gasteiger charge is 2.27. The number of hydrogen-bond acceptors (Lipinski definition) is 4. The number of nitrogens with one attached hydrogen (secondary N) is 2. The van der Waals surface area contributed by atoms with E-state index in [1.807, 2.05) is 47.2 Å². The number of thiophene rings is 2. The van der Waals surface area contributed by atoms with Crippen LogP contribution in [-0.4, -0.2) is 23.9 Å². The van der Waals surface area contributed by atoms with Crippen LogP contribution in [0.4, 0.5) is 0 Å². The molecule has 6 heteroatoms. The lowest BCUT2D eigenvalue weighted by molar-refractivity contribution is -0.118. The Bertz CT molecular complexity index is 841. The zero-order chi connectivity index (χ0) is 22.9. The molecule has 176 valence electrons. The lowest BCUT2D eigenvalue weighted by atomic mass is 9.75. The van der Waals surface area contributed by atoms with Gasteiger partial charge in [0.15, 0.2) is 0 Å². The highest BCUT2D eigenvalue weighted by atomic mass is 32.1. The van der Waals surface area contributed by atoms with E-state index in [-0.39, 0.29) is 11.8 Å². The molecule has 2 fully saturated rings. The van der Waals surface area contributed by atoms with Crippen molar-refractivity contribution in [3.63, 3.8) is 0 Å². The van der Waals surface area contributed by atoms with Gasteiger partial charge in [-0.1, -0.05) is 12.1 Å². The van der Waals surface area contributed by atoms with Crippen LogP contribution in [0.1, 0.15) is 67.5 Å². The van der Waals surface area contributed by atoms with Gasteiger partial charge in [-0.25, -0.2) is 0 Å². The van der Waals surface area contributed by atoms with Gasteiger partial charge in [0.25, 0.3) is 0 Å². The minimum Gasteiger partial charge on any atom is -0.350 e. The molecule has 2 aliphatic carbocycles. The van der Waals surface area contributed by atoms with Crippen molar-refractivity contribution < 1.29 is 9.59 Å². The summed E-state index contributed by atoms with van der Waals surface area (Å²) in [5.41, 5.74) is 0. The van der Waals surface area contributed by atoms with E-state index in [9.17, 15) is 9.59 Å². The second-order valence-electron chi connectivity index (χ2n) is 9.39. The van der Waals surface area contributed by atoms with Crippen LogP contribution in [-0.2, 0) is 9.59 Å². The number of hydrogen-bond donors (Lipinski definition) is 2. The molecule has 2 aromatic heterocycles. The largest absolute Gasteiger partial charge is 0.350 e. The first kappa shape index (κ1) is 24.0. The number of carbonyl (C=O) groups is 2. The summed E-state index contributed by atoms with van der Waals surface area (Å²) in [5.74, 6) is 1.62. The van der Waals surface area contributed by atoms with E-state index in [1.165, 1.54) is 32.1 Å². The van der Waals surface area contributed by atoms with Crippen LogP contribution in [0.25, 0.3) is 12.2 Å². The topological polar surface area (TPSA) is 58.2 Å². The monoisotopic (exact) mass is 482 g/mol. The average Bonchev–Trinajstić information content (AvgIpc) is 3.53. The van der Waals surface area contributed by atoms with Gasteiger partial charge in [-0.2, -0.15) is 0 Å². The van der Waals surface area contributed by atoms with E-state index >= 15 is 0 Å². The first-order valence-corrected chi connectivity index (χ1v) is 13.9. The normalized spacial score (nSPS) is 25.9. The summed E-state index contributed by atoms with van der Waals surface area (Å²) in [4.78, 5) is 26.6. The van der Waals surface area contributed by atoms with Gasteiger partial charge < -0.3 is 10.6 Å². The molecule has 0 aliphatic heterocycles. The molecule has 2 aromatic rings. The SMILES string of the molecule is O=C(C=Cc1cccs1)NC1CCC(CC2CCC(NC(=O)C=Cc3cccs3)CC2)CC1. The molecule has 0 radical (unpaired) electrons. The molecule has 2 saturated carbocycles. The first-order chi connectivity index (χ1) is 16.1. The van der Waals surface area contributed by atoms with Crippen molar-refractivity contribution in [2.45, 2.75) is 69.9 Å². The van der Waals surface area contributed by atoms with E-state index < -0.39 is 0 Å². The molecule has 0 saturated heterocycles. The molecule has 4 nitrogen and oxygen atoms in total. The van der Waals surface area contributed by atoms with Gasteiger partial charge in [-0.3, -0.25) is 9.59 Å². The van der Waals surface area contributed by atoms with Gasteiger partial charge >= 0.3 is 0 Å². The molecule has 0 bridgehead atoms. The minimum absolute atomic E-state index is 0.0254. The lowest BCUT2D eigenvalue weighted by Crippen LogP contribution is -2.38. The van der Waals surface area contributed by atoms with Crippen molar-refractivity contribution >= 4 is 46.6 Å². The fourth-order valence-corrected chi connectivity index (χ4v) is 6.38. The van der Waals surface area contributed by atoms with Crippen molar-refractivity contribution in [2.75, 3.05) is 0 Å². The van der Waals surface area contributed by atoms with Gasteiger partial charge in [-0.15, -0.1) is 22.7 Å². The van der Waals surface area contributed by atoms with Crippen LogP contribution in [0.15, 0.2) is 47.2 Å². The second-order valence-corrected chi connectivity index (χ2v) is 11.3. The van der Waals surface area contributed by atoms with Gasteiger partial charge in [0.05, 0.1) is 0 Å². The highest BCUT2D eigenvalue weighted by molar-refractivity contribution is 7.11. The first-order valence-electron chi connectivity index (χ1n) is 12.2. The van der Waals surface area contributed by atoms with E-state index in [2.05, 4.69) is 10.6 Å². The second kappa shape index (κ2) is 12.3. The predicted molar refractivity (Wildman–Crippen MR) is 139 cm³/mol. The van der Waals surface area contributed by atoms with E-state index in [0.29, 0.717) is 12.1 Å². The smallest absolute Gasteiger partial charge is 0.244 e. The molecule has 33 heavy (non-hydrogen) atoms. The Morgan fingerprint density at radius 3 is 1.52 bits per heavy atom. The molecule has 2 amide bonds. The van der Waals surface area contributed by atoms with Crippen LogP contribution in [0.2, 0.25) is 0 Å². The van der Waals surface area contributed by atoms with Crippen LogP contribution < -0.4 is 10.6 Å². The summed E-state index contributed by atoms with van der Waals surface area (Å²) >= 11 is 3.28. The zero-order valence-corrected chi connectivity index (χ0v) is 20.7. The van der Waals surface area contributed by atoms with Crippen LogP contribution >= 0.6 is 22.7 Å². The summed E-state index contributed by atoms with van der Waals surface area (Å²) < 4.78 is 0. The van der Waals surface area contributed by atoms with Crippen molar-refractivity contribution in [3.05, 3.63) is 56.9 Å². The summed E-state index contributed by atoms with van der Waals surface area (Å²) in [5, 5.41) is 10.4. The Labute approximate surface area is 205 Å². The van der Waals surface area contributed by atoms with Crippen LogP contribution in [0.5, 0.6) is 0 Å². The minimum atomic E-state index is 0.0254. The van der Waals surface area contributed by atoms with Gasteiger partial charge in [0, 0.05) is 34.0 Å². The average molecular weight is 483 g/mol.